The first-order valence-electron chi connectivity index (χ1n) is 11.0. The largest absolute Gasteiger partial charge is 0.503 e. The van der Waals surface area contributed by atoms with Crippen molar-refractivity contribution in [2.24, 2.45) is 5.92 Å². The van der Waals surface area contributed by atoms with Crippen molar-refractivity contribution in [1.29, 1.82) is 0 Å². The van der Waals surface area contributed by atoms with Gasteiger partial charge in [-0.15, -0.1) is 0 Å². The minimum atomic E-state index is -0.730. The number of hydrogen-bond donors (Lipinski definition) is 1. The standard InChI is InChI=1S/C27H27NO5/c1-17(2)16-33-21-11-9-19(10-12-21)15-28-24(20-7-4-6-18(3)14-20)23(26(30)27(28)31)25(29)22-8-5-13-32-22/h4-14,17,24,30H,15-16H2,1-3H3. The van der Waals surface area contributed by atoms with Crippen molar-refractivity contribution in [2.75, 3.05) is 6.61 Å². The molecule has 1 aliphatic rings. The Labute approximate surface area is 193 Å². The predicted molar refractivity (Wildman–Crippen MR) is 124 cm³/mol. The lowest BCUT2D eigenvalue weighted by Gasteiger charge is -2.27. The molecule has 2 heterocycles. The summed E-state index contributed by atoms with van der Waals surface area (Å²) >= 11 is 0. The number of rotatable bonds is 8. The highest BCUT2D eigenvalue weighted by atomic mass is 16.5. The number of aryl methyl sites for hydroxylation is 1. The van der Waals surface area contributed by atoms with E-state index < -0.39 is 23.5 Å². The van der Waals surface area contributed by atoms with Gasteiger partial charge >= 0.3 is 0 Å². The highest BCUT2D eigenvalue weighted by Crippen LogP contribution is 2.40. The topological polar surface area (TPSA) is 80.0 Å². The summed E-state index contributed by atoms with van der Waals surface area (Å²) in [5.41, 5.74) is 2.62. The van der Waals surface area contributed by atoms with Crippen LogP contribution in [-0.4, -0.2) is 28.3 Å². The minimum absolute atomic E-state index is 0.0254. The van der Waals surface area contributed by atoms with Gasteiger partial charge in [-0.1, -0.05) is 55.8 Å². The van der Waals surface area contributed by atoms with E-state index in [1.807, 2.05) is 55.5 Å². The maximum Gasteiger partial charge on any atom is 0.290 e. The normalized spacial score (nSPS) is 16.1. The number of aliphatic hydroxyl groups is 1. The smallest absolute Gasteiger partial charge is 0.290 e. The van der Waals surface area contributed by atoms with Crippen molar-refractivity contribution in [2.45, 2.75) is 33.4 Å². The van der Waals surface area contributed by atoms with Gasteiger partial charge in [0.15, 0.2) is 11.5 Å². The first kappa shape index (κ1) is 22.4. The van der Waals surface area contributed by atoms with Crippen molar-refractivity contribution in [3.05, 3.63) is 101 Å². The number of hydrogen-bond acceptors (Lipinski definition) is 5. The average Bonchev–Trinajstić information content (AvgIpc) is 3.41. The molecule has 0 saturated heterocycles. The number of amides is 1. The highest BCUT2D eigenvalue weighted by molar-refractivity contribution is 6.15. The molecule has 0 bridgehead atoms. The number of carbonyl (C=O) groups is 2. The van der Waals surface area contributed by atoms with Gasteiger partial charge < -0.3 is 19.2 Å². The molecule has 0 radical (unpaired) electrons. The lowest BCUT2D eigenvalue weighted by molar-refractivity contribution is -0.130. The zero-order valence-corrected chi connectivity index (χ0v) is 18.9. The van der Waals surface area contributed by atoms with Gasteiger partial charge in [-0.25, -0.2) is 0 Å². The second-order valence-electron chi connectivity index (χ2n) is 8.67. The van der Waals surface area contributed by atoms with Crippen LogP contribution in [-0.2, 0) is 11.3 Å². The van der Waals surface area contributed by atoms with E-state index in [1.54, 1.807) is 6.07 Å². The summed E-state index contributed by atoms with van der Waals surface area (Å²) < 4.78 is 11.0. The quantitative estimate of drug-likeness (QED) is 0.470. The third kappa shape index (κ3) is 4.70. The summed E-state index contributed by atoms with van der Waals surface area (Å²) in [6, 6.07) is 17.5. The Hall–Kier alpha value is -3.80. The van der Waals surface area contributed by atoms with E-state index in [4.69, 9.17) is 9.15 Å². The first-order valence-corrected chi connectivity index (χ1v) is 11.0. The fraction of sp³-hybridized carbons (Fsp3) is 0.259. The van der Waals surface area contributed by atoms with Gasteiger partial charge in [-0.3, -0.25) is 9.59 Å². The fourth-order valence-corrected chi connectivity index (χ4v) is 3.93. The van der Waals surface area contributed by atoms with Crippen LogP contribution in [0.25, 0.3) is 0 Å². The van der Waals surface area contributed by atoms with Crippen LogP contribution in [0.5, 0.6) is 5.75 Å². The summed E-state index contributed by atoms with van der Waals surface area (Å²) in [5, 5.41) is 10.7. The molecule has 6 nitrogen and oxygen atoms in total. The maximum absolute atomic E-state index is 13.2. The van der Waals surface area contributed by atoms with Crippen LogP contribution >= 0.6 is 0 Å². The molecule has 0 spiro atoms. The Morgan fingerprint density at radius 1 is 1.12 bits per heavy atom. The van der Waals surface area contributed by atoms with Gasteiger partial charge in [0.05, 0.1) is 24.5 Å². The van der Waals surface area contributed by atoms with Gasteiger partial charge in [0.2, 0.25) is 5.78 Å². The number of carbonyl (C=O) groups excluding carboxylic acids is 2. The predicted octanol–water partition coefficient (Wildman–Crippen LogP) is 5.40. The van der Waals surface area contributed by atoms with E-state index in [0.29, 0.717) is 12.5 Å². The minimum Gasteiger partial charge on any atom is -0.503 e. The summed E-state index contributed by atoms with van der Waals surface area (Å²) in [6.07, 6.45) is 1.39. The van der Waals surface area contributed by atoms with Crippen molar-refractivity contribution in [3.63, 3.8) is 0 Å². The Kier molecular flexibility index (Phi) is 6.36. The molecule has 1 unspecified atom stereocenters. The molecule has 33 heavy (non-hydrogen) atoms. The molecule has 1 aliphatic heterocycles. The molecule has 170 valence electrons. The van der Waals surface area contributed by atoms with Gasteiger partial charge in [0, 0.05) is 6.54 Å². The fourth-order valence-electron chi connectivity index (χ4n) is 3.93. The molecule has 1 N–H and O–H groups in total. The van der Waals surface area contributed by atoms with Crippen LogP contribution in [0.4, 0.5) is 0 Å². The molecule has 3 aromatic rings. The molecule has 1 atom stereocenters. The third-order valence-corrected chi connectivity index (χ3v) is 5.51. The molecule has 1 aromatic heterocycles. The Balaban J connectivity index is 1.67. The van der Waals surface area contributed by atoms with Gasteiger partial charge in [0.25, 0.3) is 5.91 Å². The van der Waals surface area contributed by atoms with Crippen molar-refractivity contribution in [3.8, 4) is 5.75 Å². The summed E-state index contributed by atoms with van der Waals surface area (Å²) in [5.74, 6) is -0.379. The molecular weight excluding hydrogens is 418 g/mol. The zero-order chi connectivity index (χ0) is 23.5. The molecule has 0 fully saturated rings. The van der Waals surface area contributed by atoms with Crippen LogP contribution < -0.4 is 4.74 Å². The first-order chi connectivity index (χ1) is 15.8. The van der Waals surface area contributed by atoms with E-state index in [2.05, 4.69) is 13.8 Å². The molecule has 2 aromatic carbocycles. The number of furan rings is 1. The number of nitrogens with zero attached hydrogens (tertiary/aromatic N) is 1. The number of ketones is 1. The lowest BCUT2D eigenvalue weighted by atomic mass is 9.94. The average molecular weight is 446 g/mol. The van der Waals surface area contributed by atoms with E-state index >= 15 is 0 Å². The number of Topliss-reactive ketones (excluding diaryl/α,β-unsaturated/α-hetero) is 1. The van der Waals surface area contributed by atoms with Gasteiger partial charge in [-0.05, 0) is 48.2 Å². The number of aliphatic hydroxyl groups excluding tert-OH is 1. The summed E-state index contributed by atoms with van der Waals surface area (Å²) in [4.78, 5) is 27.8. The van der Waals surface area contributed by atoms with Crippen molar-refractivity contribution < 1.29 is 23.8 Å². The Bertz CT molecular complexity index is 1180. The van der Waals surface area contributed by atoms with E-state index in [0.717, 1.165) is 22.4 Å². The van der Waals surface area contributed by atoms with Crippen LogP contribution in [0, 0.1) is 12.8 Å². The molecule has 0 saturated carbocycles. The van der Waals surface area contributed by atoms with Gasteiger partial charge in [-0.2, -0.15) is 0 Å². The molecule has 0 aliphatic carbocycles. The second-order valence-corrected chi connectivity index (χ2v) is 8.67. The van der Waals surface area contributed by atoms with Crippen LogP contribution in [0.15, 0.2) is 82.7 Å². The molecule has 6 heteroatoms. The molecule has 1 amide bonds. The molecular formula is C27H27NO5. The second kappa shape index (κ2) is 9.36. The lowest BCUT2D eigenvalue weighted by Crippen LogP contribution is -2.30. The Morgan fingerprint density at radius 2 is 1.88 bits per heavy atom. The van der Waals surface area contributed by atoms with Crippen LogP contribution in [0.1, 0.15) is 47.1 Å². The molecule has 4 rings (SSSR count). The van der Waals surface area contributed by atoms with Crippen molar-refractivity contribution >= 4 is 11.7 Å². The van der Waals surface area contributed by atoms with Crippen molar-refractivity contribution in [1.82, 2.24) is 4.90 Å². The van der Waals surface area contributed by atoms with Crippen LogP contribution in [0.2, 0.25) is 0 Å². The van der Waals surface area contributed by atoms with Gasteiger partial charge in [0.1, 0.15) is 5.75 Å². The summed E-state index contributed by atoms with van der Waals surface area (Å²) in [7, 11) is 0. The highest BCUT2D eigenvalue weighted by Gasteiger charge is 2.44. The van der Waals surface area contributed by atoms with Crippen LogP contribution in [0.3, 0.4) is 0 Å². The SMILES string of the molecule is Cc1cccc(C2C(C(=O)c3ccco3)=C(O)C(=O)N2Cc2ccc(OCC(C)C)cc2)c1. The number of ether oxygens (including phenoxy) is 1. The Morgan fingerprint density at radius 3 is 2.52 bits per heavy atom. The van der Waals surface area contributed by atoms with E-state index in [-0.39, 0.29) is 17.9 Å². The van der Waals surface area contributed by atoms with E-state index in [9.17, 15) is 14.7 Å². The maximum atomic E-state index is 13.2. The summed E-state index contributed by atoms with van der Waals surface area (Å²) in [6.45, 7) is 6.95. The zero-order valence-electron chi connectivity index (χ0n) is 18.9. The van der Waals surface area contributed by atoms with E-state index in [1.165, 1.54) is 17.2 Å². The monoisotopic (exact) mass is 445 g/mol. The third-order valence-electron chi connectivity index (χ3n) is 5.51. The number of benzene rings is 2.